The molecular formula is C29H23N3O6S. The van der Waals surface area contributed by atoms with E-state index in [2.05, 4.69) is 23.5 Å². The van der Waals surface area contributed by atoms with E-state index in [9.17, 15) is 14.4 Å². The summed E-state index contributed by atoms with van der Waals surface area (Å²) in [4.78, 5) is 35.4. The molecule has 0 saturated carbocycles. The standard InChI is InChI=1S/C29H23N3O6S/c1-36-25-13-18(11-12-24(25)37-16-19(33)14-26-27(34)30-29(35)39-26)28-32-22(20-9-5-6-10-23(20)38-28)15-21(31-32)17-7-3-2-4-8-17/h2-14,22,28H,15-16H2,1H3,(H,30,34,35). The van der Waals surface area contributed by atoms with Crippen LogP contribution in [0.4, 0.5) is 4.79 Å². The number of rotatable bonds is 7. The second-order valence-electron chi connectivity index (χ2n) is 9.04. The van der Waals surface area contributed by atoms with Crippen molar-refractivity contribution in [3.05, 3.63) is 100 Å². The van der Waals surface area contributed by atoms with Gasteiger partial charge in [0.05, 0.1) is 23.8 Å². The number of fused-ring (bicyclic) bond motifs is 3. The monoisotopic (exact) mass is 541 g/mol. The molecule has 3 aliphatic rings. The molecule has 6 rings (SSSR count). The molecule has 1 N–H and O–H groups in total. The average molecular weight is 542 g/mol. The lowest BCUT2D eigenvalue weighted by atomic mass is 9.96. The van der Waals surface area contributed by atoms with E-state index in [4.69, 9.17) is 19.3 Å². The normalized spacial score (nSPS) is 20.6. The highest BCUT2D eigenvalue weighted by Crippen LogP contribution is 2.48. The zero-order valence-electron chi connectivity index (χ0n) is 20.8. The van der Waals surface area contributed by atoms with Gasteiger partial charge in [0.25, 0.3) is 11.1 Å². The third-order valence-corrected chi connectivity index (χ3v) is 7.39. The fourth-order valence-electron chi connectivity index (χ4n) is 4.77. The van der Waals surface area contributed by atoms with E-state index in [1.165, 1.54) is 7.11 Å². The maximum Gasteiger partial charge on any atom is 0.290 e. The lowest BCUT2D eigenvalue weighted by Crippen LogP contribution is -2.33. The number of nitrogens with zero attached hydrogens (tertiary/aromatic N) is 2. The SMILES string of the molecule is COc1cc(C2Oc3ccccc3C3CC(c4ccccc4)=NN32)ccc1OCC(=O)C=C1SC(=O)NC1=O. The van der Waals surface area contributed by atoms with Crippen LogP contribution < -0.4 is 19.5 Å². The molecule has 0 spiro atoms. The first-order valence-electron chi connectivity index (χ1n) is 12.3. The minimum atomic E-state index is -0.590. The van der Waals surface area contributed by atoms with E-state index in [0.29, 0.717) is 23.3 Å². The van der Waals surface area contributed by atoms with Gasteiger partial charge in [0.15, 0.2) is 23.9 Å². The molecule has 196 valence electrons. The van der Waals surface area contributed by atoms with Gasteiger partial charge < -0.3 is 14.2 Å². The van der Waals surface area contributed by atoms with Gasteiger partial charge in [-0.15, -0.1) is 0 Å². The predicted molar refractivity (Wildman–Crippen MR) is 145 cm³/mol. The molecule has 1 fully saturated rings. The Morgan fingerprint density at radius 1 is 1.10 bits per heavy atom. The van der Waals surface area contributed by atoms with Gasteiger partial charge in [-0.3, -0.25) is 19.7 Å². The highest BCUT2D eigenvalue weighted by atomic mass is 32.2. The summed E-state index contributed by atoms with van der Waals surface area (Å²) in [7, 11) is 1.52. The van der Waals surface area contributed by atoms with Crippen molar-refractivity contribution in [3.63, 3.8) is 0 Å². The molecule has 0 radical (unpaired) electrons. The Morgan fingerprint density at radius 3 is 2.67 bits per heavy atom. The van der Waals surface area contributed by atoms with E-state index in [-0.39, 0.29) is 17.6 Å². The Balaban J connectivity index is 1.25. The van der Waals surface area contributed by atoms with Crippen molar-refractivity contribution in [1.82, 2.24) is 10.3 Å². The van der Waals surface area contributed by atoms with Crippen LogP contribution in [-0.2, 0) is 9.59 Å². The number of benzene rings is 3. The van der Waals surface area contributed by atoms with Crippen molar-refractivity contribution < 1.29 is 28.6 Å². The maximum atomic E-state index is 12.3. The summed E-state index contributed by atoms with van der Waals surface area (Å²) in [6.07, 6.45) is 1.35. The van der Waals surface area contributed by atoms with Crippen molar-refractivity contribution in [2.45, 2.75) is 18.7 Å². The molecule has 2 atom stereocenters. The summed E-state index contributed by atoms with van der Waals surface area (Å²) < 4.78 is 17.7. The van der Waals surface area contributed by atoms with Crippen LogP contribution in [-0.4, -0.2) is 41.4 Å². The molecule has 39 heavy (non-hydrogen) atoms. The summed E-state index contributed by atoms with van der Waals surface area (Å²) >= 11 is 0.682. The first kappa shape index (κ1) is 24.7. The number of hydrazone groups is 1. The summed E-state index contributed by atoms with van der Waals surface area (Å²) in [6, 6.07) is 23.5. The van der Waals surface area contributed by atoms with Gasteiger partial charge in [-0.05, 0) is 41.6 Å². The van der Waals surface area contributed by atoms with Crippen LogP contribution in [0.25, 0.3) is 0 Å². The summed E-state index contributed by atoms with van der Waals surface area (Å²) in [5.41, 5.74) is 3.95. The second-order valence-corrected chi connectivity index (χ2v) is 10.1. The summed E-state index contributed by atoms with van der Waals surface area (Å²) in [5.74, 6) is 0.534. The van der Waals surface area contributed by atoms with Crippen LogP contribution in [0.15, 0.2) is 88.9 Å². The van der Waals surface area contributed by atoms with Crippen LogP contribution in [0.5, 0.6) is 17.2 Å². The number of imide groups is 1. The van der Waals surface area contributed by atoms with Crippen molar-refractivity contribution >= 4 is 34.4 Å². The van der Waals surface area contributed by atoms with E-state index in [1.807, 2.05) is 53.5 Å². The van der Waals surface area contributed by atoms with Crippen LogP contribution in [0.1, 0.15) is 35.4 Å². The van der Waals surface area contributed by atoms with Gasteiger partial charge >= 0.3 is 0 Å². The summed E-state index contributed by atoms with van der Waals surface area (Å²) in [5, 5.41) is 8.57. The third-order valence-electron chi connectivity index (χ3n) is 6.58. The number of thioether (sulfide) groups is 1. The minimum absolute atomic E-state index is 0.0141. The van der Waals surface area contributed by atoms with Crippen LogP contribution in [0.2, 0.25) is 0 Å². The molecule has 3 aromatic rings. The molecule has 9 nitrogen and oxygen atoms in total. The first-order chi connectivity index (χ1) is 19.0. The smallest absolute Gasteiger partial charge is 0.290 e. The Hall–Kier alpha value is -4.57. The van der Waals surface area contributed by atoms with Gasteiger partial charge in [-0.1, -0.05) is 48.5 Å². The van der Waals surface area contributed by atoms with Gasteiger partial charge in [0, 0.05) is 23.6 Å². The average Bonchev–Trinajstić information content (AvgIpc) is 3.54. The fourth-order valence-corrected chi connectivity index (χ4v) is 5.45. The molecule has 3 aliphatic heterocycles. The molecule has 0 aromatic heterocycles. The van der Waals surface area contributed by atoms with Crippen molar-refractivity contribution in [1.29, 1.82) is 0 Å². The number of ketones is 1. The number of hydrogen-bond acceptors (Lipinski definition) is 9. The lowest BCUT2D eigenvalue weighted by Gasteiger charge is -2.38. The number of para-hydroxylation sites is 1. The molecule has 3 aromatic carbocycles. The number of hydrogen-bond donors (Lipinski definition) is 1. The van der Waals surface area contributed by atoms with Crippen molar-refractivity contribution in [2.75, 3.05) is 13.7 Å². The number of ether oxygens (including phenoxy) is 3. The Bertz CT molecular complexity index is 1540. The van der Waals surface area contributed by atoms with Crippen molar-refractivity contribution in [2.24, 2.45) is 5.10 Å². The van der Waals surface area contributed by atoms with Gasteiger partial charge in [0.1, 0.15) is 5.75 Å². The van der Waals surface area contributed by atoms with Crippen molar-refractivity contribution in [3.8, 4) is 17.2 Å². The zero-order chi connectivity index (χ0) is 26.9. The molecule has 1 saturated heterocycles. The van der Waals surface area contributed by atoms with E-state index >= 15 is 0 Å². The highest BCUT2D eigenvalue weighted by Gasteiger charge is 2.41. The highest BCUT2D eigenvalue weighted by molar-refractivity contribution is 8.18. The number of carbonyl (C=O) groups is 3. The molecule has 2 unspecified atom stereocenters. The first-order valence-corrected chi connectivity index (χ1v) is 13.1. The molecule has 10 heteroatoms. The van der Waals surface area contributed by atoms with E-state index < -0.39 is 23.2 Å². The second kappa shape index (κ2) is 10.3. The van der Waals surface area contributed by atoms with Gasteiger partial charge in [-0.2, -0.15) is 5.10 Å². The zero-order valence-corrected chi connectivity index (χ0v) is 21.6. The van der Waals surface area contributed by atoms with Gasteiger partial charge in [0.2, 0.25) is 6.23 Å². The predicted octanol–water partition coefficient (Wildman–Crippen LogP) is 4.75. The molecule has 3 heterocycles. The molecular weight excluding hydrogens is 518 g/mol. The van der Waals surface area contributed by atoms with Gasteiger partial charge in [-0.25, -0.2) is 5.01 Å². The molecule has 0 bridgehead atoms. The topological polar surface area (TPSA) is 107 Å². The quantitative estimate of drug-likeness (QED) is 0.427. The Morgan fingerprint density at radius 2 is 1.90 bits per heavy atom. The third kappa shape index (κ3) is 4.86. The number of nitrogens with one attached hydrogen (secondary N) is 1. The van der Waals surface area contributed by atoms with E-state index in [0.717, 1.165) is 40.6 Å². The van der Waals surface area contributed by atoms with Crippen LogP contribution in [0.3, 0.4) is 0 Å². The lowest BCUT2D eigenvalue weighted by molar-refractivity contribution is -0.118. The molecule has 2 amide bonds. The largest absolute Gasteiger partial charge is 0.493 e. The molecule has 0 aliphatic carbocycles. The minimum Gasteiger partial charge on any atom is -0.493 e. The Labute approximate surface area is 228 Å². The van der Waals surface area contributed by atoms with Crippen LogP contribution >= 0.6 is 11.8 Å². The Kier molecular flexibility index (Phi) is 6.54. The maximum absolute atomic E-state index is 12.3. The van der Waals surface area contributed by atoms with Crippen LogP contribution in [0, 0.1) is 0 Å². The number of methoxy groups -OCH3 is 1. The van der Waals surface area contributed by atoms with E-state index in [1.54, 1.807) is 6.07 Å². The fraction of sp³-hybridized carbons (Fsp3) is 0.172. The number of amides is 2. The number of carbonyl (C=O) groups excluding carboxylic acids is 3. The summed E-state index contributed by atoms with van der Waals surface area (Å²) in [6.45, 7) is -0.326.